The lowest BCUT2D eigenvalue weighted by Gasteiger charge is -2.33. The highest BCUT2D eigenvalue weighted by Crippen LogP contribution is 2.13. The Balaban J connectivity index is 3.91. The summed E-state index contributed by atoms with van der Waals surface area (Å²) in [5, 5.41) is 10.8. The molecule has 5 heteroatoms. The molecule has 0 rings (SSSR count). The van der Waals surface area contributed by atoms with Crippen molar-refractivity contribution in [3.8, 4) is 0 Å². The second-order valence-electron chi connectivity index (χ2n) is 3.29. The third-order valence-corrected chi connectivity index (χ3v) is 1.77. The molecule has 80 valence electrons. The fourth-order valence-corrected chi connectivity index (χ4v) is 1.27. The summed E-state index contributed by atoms with van der Waals surface area (Å²) in [4.78, 5) is 4.61. The first-order valence-electron chi connectivity index (χ1n) is 4.68. The molecule has 0 heterocycles. The van der Waals surface area contributed by atoms with Crippen LogP contribution in [0.5, 0.6) is 0 Å². The Morgan fingerprint density at radius 3 is 2.15 bits per heavy atom. The van der Waals surface area contributed by atoms with Crippen molar-refractivity contribution < 1.29 is 4.94 Å². The molecule has 0 aliphatic rings. The third kappa shape index (κ3) is 5.95. The molecule has 0 radical (unpaired) electrons. The number of hydroxylamine groups is 3. The molecule has 0 spiro atoms. The standard InChI is InChI=1S/C8H20N3O2/c1-4-6-8(9,7-5-2)10-13-11(3)12/h10H,4-7,9H2,1-3H3/q-1. The van der Waals surface area contributed by atoms with Crippen LogP contribution in [0.2, 0.25) is 0 Å². The van der Waals surface area contributed by atoms with Crippen LogP contribution in [-0.4, -0.2) is 17.9 Å². The molecule has 0 bridgehead atoms. The van der Waals surface area contributed by atoms with Gasteiger partial charge in [0.05, 0.1) is 5.66 Å². The van der Waals surface area contributed by atoms with Gasteiger partial charge in [-0.2, -0.15) is 5.48 Å². The van der Waals surface area contributed by atoms with Gasteiger partial charge in [0.2, 0.25) is 0 Å². The van der Waals surface area contributed by atoms with Gasteiger partial charge < -0.3 is 10.9 Å². The van der Waals surface area contributed by atoms with Crippen LogP contribution in [0.25, 0.3) is 0 Å². The van der Waals surface area contributed by atoms with Crippen LogP contribution >= 0.6 is 0 Å². The highest BCUT2D eigenvalue weighted by molar-refractivity contribution is 4.76. The second kappa shape index (κ2) is 6.28. The topological polar surface area (TPSA) is 73.6 Å². The van der Waals surface area contributed by atoms with Crippen LogP contribution in [0.3, 0.4) is 0 Å². The molecule has 0 aliphatic carbocycles. The van der Waals surface area contributed by atoms with E-state index in [0.717, 1.165) is 25.7 Å². The summed E-state index contributed by atoms with van der Waals surface area (Å²) in [5.74, 6) is 0. The number of hydrogen-bond donors (Lipinski definition) is 2. The summed E-state index contributed by atoms with van der Waals surface area (Å²) in [6.45, 7) is 4.08. The van der Waals surface area contributed by atoms with Crippen molar-refractivity contribution in [2.24, 2.45) is 5.73 Å². The summed E-state index contributed by atoms with van der Waals surface area (Å²) in [7, 11) is 1.27. The molecule has 0 unspecified atom stereocenters. The zero-order chi connectivity index (χ0) is 10.3. The Labute approximate surface area is 79.7 Å². The molecule has 3 N–H and O–H groups in total. The molecule has 0 aliphatic heterocycles. The quantitative estimate of drug-likeness (QED) is 0.464. The van der Waals surface area contributed by atoms with Crippen molar-refractivity contribution in [3.05, 3.63) is 5.21 Å². The monoisotopic (exact) mass is 190 g/mol. The Morgan fingerprint density at radius 2 is 1.85 bits per heavy atom. The maximum absolute atomic E-state index is 10.5. The van der Waals surface area contributed by atoms with Crippen molar-refractivity contribution in [1.82, 2.24) is 10.7 Å². The van der Waals surface area contributed by atoms with E-state index in [-0.39, 0.29) is 0 Å². The molecular formula is C8H20N3O2-. The normalized spacial score (nSPS) is 12.5. The number of nitrogens with zero attached hydrogens (tertiary/aromatic N) is 1. The zero-order valence-electron chi connectivity index (χ0n) is 8.67. The molecule has 0 fully saturated rings. The lowest BCUT2D eigenvalue weighted by molar-refractivity contribution is -0.192. The van der Waals surface area contributed by atoms with E-state index in [1.807, 2.05) is 13.8 Å². The lowest BCUT2D eigenvalue weighted by atomic mass is 10.0. The van der Waals surface area contributed by atoms with E-state index < -0.39 is 5.66 Å². The number of nitrogens with two attached hydrogens (primary N) is 1. The van der Waals surface area contributed by atoms with Crippen LogP contribution in [0.1, 0.15) is 39.5 Å². The highest BCUT2D eigenvalue weighted by atomic mass is 17.0. The smallest absolute Gasteiger partial charge is 0.0915 e. The average molecular weight is 190 g/mol. The van der Waals surface area contributed by atoms with Gasteiger partial charge >= 0.3 is 0 Å². The third-order valence-electron chi connectivity index (χ3n) is 1.77. The van der Waals surface area contributed by atoms with Crippen LogP contribution in [0.4, 0.5) is 0 Å². The summed E-state index contributed by atoms with van der Waals surface area (Å²) in [5.41, 5.74) is 7.97. The molecule has 0 atom stereocenters. The number of hydrogen-bond acceptors (Lipinski definition) is 5. The van der Waals surface area contributed by atoms with Gasteiger partial charge in [0.25, 0.3) is 0 Å². The second-order valence-corrected chi connectivity index (χ2v) is 3.29. The van der Waals surface area contributed by atoms with E-state index in [9.17, 15) is 5.21 Å². The van der Waals surface area contributed by atoms with Crippen molar-refractivity contribution in [3.63, 3.8) is 0 Å². The van der Waals surface area contributed by atoms with Gasteiger partial charge in [0.1, 0.15) is 0 Å². The van der Waals surface area contributed by atoms with Crippen molar-refractivity contribution in [1.29, 1.82) is 0 Å². The van der Waals surface area contributed by atoms with Gasteiger partial charge in [0.15, 0.2) is 0 Å². The van der Waals surface area contributed by atoms with Crippen molar-refractivity contribution in [2.75, 3.05) is 7.05 Å². The minimum absolute atomic E-state index is 0.354. The lowest BCUT2D eigenvalue weighted by Crippen LogP contribution is -2.54. The van der Waals surface area contributed by atoms with E-state index in [1.54, 1.807) is 0 Å². The summed E-state index contributed by atoms with van der Waals surface area (Å²) in [6.07, 6.45) is 3.48. The van der Waals surface area contributed by atoms with Gasteiger partial charge in [-0.1, -0.05) is 26.7 Å². The van der Waals surface area contributed by atoms with Crippen LogP contribution in [0.15, 0.2) is 0 Å². The largest absolute Gasteiger partial charge is 0.761 e. The molecule has 0 saturated heterocycles. The molecule has 0 aromatic heterocycles. The highest BCUT2D eigenvalue weighted by Gasteiger charge is 2.22. The van der Waals surface area contributed by atoms with Gasteiger partial charge in [-0.25, -0.2) is 10.2 Å². The SMILES string of the molecule is CCCC(N)(CCC)NON(C)[O-]. The van der Waals surface area contributed by atoms with E-state index >= 15 is 0 Å². The summed E-state index contributed by atoms with van der Waals surface area (Å²) >= 11 is 0. The molecule has 5 nitrogen and oxygen atoms in total. The first kappa shape index (κ1) is 12.8. The molecule has 0 amide bonds. The van der Waals surface area contributed by atoms with Gasteiger partial charge in [-0.05, 0) is 12.8 Å². The minimum Gasteiger partial charge on any atom is -0.761 e. The van der Waals surface area contributed by atoms with Crippen LogP contribution in [0, 0.1) is 5.21 Å². The van der Waals surface area contributed by atoms with E-state index in [4.69, 9.17) is 5.73 Å². The first-order chi connectivity index (χ1) is 6.04. The molecular weight excluding hydrogens is 170 g/mol. The minimum atomic E-state index is -0.581. The van der Waals surface area contributed by atoms with E-state index in [2.05, 4.69) is 10.4 Å². The fourth-order valence-electron chi connectivity index (χ4n) is 1.27. The molecule has 0 aromatic rings. The Hall–Kier alpha value is -0.200. The summed E-state index contributed by atoms with van der Waals surface area (Å²) < 4.78 is 0. The van der Waals surface area contributed by atoms with Crippen molar-refractivity contribution in [2.45, 2.75) is 45.2 Å². The summed E-state index contributed by atoms with van der Waals surface area (Å²) in [6, 6.07) is 0. The van der Waals surface area contributed by atoms with E-state index in [0.29, 0.717) is 5.23 Å². The van der Waals surface area contributed by atoms with E-state index in [1.165, 1.54) is 7.05 Å². The molecule has 13 heavy (non-hydrogen) atoms. The number of nitrogens with one attached hydrogen (secondary N) is 1. The Morgan fingerprint density at radius 1 is 1.38 bits per heavy atom. The Kier molecular flexibility index (Phi) is 6.19. The van der Waals surface area contributed by atoms with Gasteiger partial charge in [-0.3, -0.25) is 0 Å². The maximum Gasteiger partial charge on any atom is 0.0915 e. The van der Waals surface area contributed by atoms with Gasteiger partial charge in [0, 0.05) is 7.05 Å². The van der Waals surface area contributed by atoms with Crippen LogP contribution in [-0.2, 0) is 4.94 Å². The molecule has 0 saturated carbocycles. The van der Waals surface area contributed by atoms with Gasteiger partial charge in [-0.15, -0.1) is 0 Å². The fraction of sp³-hybridized carbons (Fsp3) is 1.00. The average Bonchev–Trinajstić information content (AvgIpc) is 2.02. The number of rotatable bonds is 7. The van der Waals surface area contributed by atoms with Crippen LogP contribution < -0.4 is 11.2 Å². The predicted octanol–water partition coefficient (Wildman–Crippen LogP) is 1.11. The van der Waals surface area contributed by atoms with Crippen molar-refractivity contribution >= 4 is 0 Å². The first-order valence-corrected chi connectivity index (χ1v) is 4.68. The predicted molar refractivity (Wildman–Crippen MR) is 52.1 cm³/mol. The zero-order valence-corrected chi connectivity index (χ0v) is 8.67. The molecule has 0 aromatic carbocycles. The maximum atomic E-state index is 10.5. The Bertz CT molecular complexity index is 125.